The number of hydrogen-bond acceptors (Lipinski definition) is 1. The lowest BCUT2D eigenvalue weighted by Crippen LogP contribution is -2.23. The standard InChI is InChI=1S/C19H20S/c1-15-13-17(16-9-5-3-6-10-16)14-19(2,20-15)18-11-7-4-8-12-18/h3-13,17H,14H2,1-2H3/t17-,19-/m1/s1. The molecule has 0 unspecified atom stereocenters. The minimum Gasteiger partial charge on any atom is -0.120 e. The first kappa shape index (κ1) is 13.5. The van der Waals surface area contributed by atoms with Crippen molar-refractivity contribution in [2.24, 2.45) is 0 Å². The van der Waals surface area contributed by atoms with Gasteiger partial charge < -0.3 is 0 Å². The first-order valence-electron chi connectivity index (χ1n) is 7.15. The van der Waals surface area contributed by atoms with Crippen LogP contribution in [0.3, 0.4) is 0 Å². The monoisotopic (exact) mass is 280 g/mol. The van der Waals surface area contributed by atoms with Crippen LogP contribution in [0, 0.1) is 0 Å². The normalized spacial score (nSPS) is 26.1. The lowest BCUT2D eigenvalue weighted by atomic mass is 9.84. The van der Waals surface area contributed by atoms with Crippen LogP contribution < -0.4 is 0 Å². The van der Waals surface area contributed by atoms with Crippen molar-refractivity contribution < 1.29 is 0 Å². The van der Waals surface area contributed by atoms with E-state index in [-0.39, 0.29) is 4.75 Å². The molecule has 0 radical (unpaired) electrons. The first-order valence-corrected chi connectivity index (χ1v) is 7.97. The van der Waals surface area contributed by atoms with E-state index in [1.807, 2.05) is 11.8 Å². The second-order valence-electron chi connectivity index (χ2n) is 5.70. The molecule has 0 nitrogen and oxygen atoms in total. The van der Waals surface area contributed by atoms with Gasteiger partial charge in [0.25, 0.3) is 0 Å². The highest BCUT2D eigenvalue weighted by Crippen LogP contribution is 2.51. The summed E-state index contributed by atoms with van der Waals surface area (Å²) in [6, 6.07) is 21.8. The molecule has 0 spiro atoms. The fourth-order valence-corrected chi connectivity index (χ4v) is 4.53. The molecule has 0 saturated heterocycles. The van der Waals surface area contributed by atoms with Gasteiger partial charge in [-0.3, -0.25) is 0 Å². The van der Waals surface area contributed by atoms with E-state index < -0.39 is 0 Å². The number of hydrogen-bond donors (Lipinski definition) is 0. The number of allylic oxidation sites excluding steroid dienone is 2. The highest BCUT2D eigenvalue weighted by Gasteiger charge is 2.34. The summed E-state index contributed by atoms with van der Waals surface area (Å²) >= 11 is 2.00. The van der Waals surface area contributed by atoms with Crippen LogP contribution in [0.5, 0.6) is 0 Å². The topological polar surface area (TPSA) is 0 Å². The maximum Gasteiger partial charge on any atom is 0.0432 e. The zero-order chi connectivity index (χ0) is 14.0. The van der Waals surface area contributed by atoms with Crippen LogP contribution in [0.4, 0.5) is 0 Å². The minimum atomic E-state index is 0.167. The smallest absolute Gasteiger partial charge is 0.0432 e. The Hall–Kier alpha value is -1.47. The molecule has 0 fully saturated rings. The molecule has 0 N–H and O–H groups in total. The molecular formula is C19H20S. The summed E-state index contributed by atoms with van der Waals surface area (Å²) in [5.74, 6) is 0.516. The molecule has 1 heterocycles. The van der Waals surface area contributed by atoms with Crippen molar-refractivity contribution in [3.63, 3.8) is 0 Å². The fourth-order valence-electron chi connectivity index (χ4n) is 3.07. The van der Waals surface area contributed by atoms with Gasteiger partial charge in [-0.15, -0.1) is 11.8 Å². The van der Waals surface area contributed by atoms with Crippen molar-refractivity contribution in [2.75, 3.05) is 0 Å². The Balaban J connectivity index is 1.96. The number of rotatable bonds is 2. The Morgan fingerprint density at radius 1 is 0.950 bits per heavy atom. The van der Waals surface area contributed by atoms with Crippen LogP contribution in [-0.2, 0) is 4.75 Å². The molecule has 20 heavy (non-hydrogen) atoms. The van der Waals surface area contributed by atoms with E-state index >= 15 is 0 Å². The lowest BCUT2D eigenvalue weighted by molar-refractivity contribution is 0.572. The molecule has 0 aliphatic carbocycles. The van der Waals surface area contributed by atoms with Gasteiger partial charge in [-0.2, -0.15) is 0 Å². The molecule has 0 bridgehead atoms. The lowest BCUT2D eigenvalue weighted by Gasteiger charge is -2.37. The van der Waals surface area contributed by atoms with Crippen LogP contribution in [0.15, 0.2) is 71.6 Å². The summed E-state index contributed by atoms with van der Waals surface area (Å²) in [7, 11) is 0. The summed E-state index contributed by atoms with van der Waals surface area (Å²) in [5, 5.41) is 0. The molecule has 2 atom stereocenters. The van der Waals surface area contributed by atoms with E-state index in [0.717, 1.165) is 6.42 Å². The third-order valence-corrected chi connectivity index (χ3v) is 5.35. The van der Waals surface area contributed by atoms with Gasteiger partial charge in [0.05, 0.1) is 0 Å². The third kappa shape index (κ3) is 2.69. The van der Waals surface area contributed by atoms with Crippen LogP contribution in [0.2, 0.25) is 0 Å². The van der Waals surface area contributed by atoms with E-state index in [4.69, 9.17) is 0 Å². The fraction of sp³-hybridized carbons (Fsp3) is 0.263. The summed E-state index contributed by atoms with van der Waals surface area (Å²) in [4.78, 5) is 1.43. The Kier molecular flexibility index (Phi) is 3.71. The van der Waals surface area contributed by atoms with Gasteiger partial charge >= 0.3 is 0 Å². The van der Waals surface area contributed by atoms with E-state index in [1.54, 1.807) is 0 Å². The number of thioether (sulfide) groups is 1. The summed E-state index contributed by atoms with van der Waals surface area (Å²) in [5.41, 5.74) is 2.85. The quantitative estimate of drug-likeness (QED) is 0.677. The van der Waals surface area contributed by atoms with Gasteiger partial charge in [-0.25, -0.2) is 0 Å². The molecule has 0 amide bonds. The molecule has 1 heteroatoms. The SMILES string of the molecule is CC1=C[C@@H](c2ccccc2)C[C@](C)(c2ccccc2)S1. The summed E-state index contributed by atoms with van der Waals surface area (Å²) < 4.78 is 0.167. The van der Waals surface area contributed by atoms with Crippen molar-refractivity contribution in [3.05, 3.63) is 82.8 Å². The third-order valence-electron chi connectivity index (χ3n) is 4.04. The molecule has 0 aromatic heterocycles. The first-order chi connectivity index (χ1) is 9.67. The highest BCUT2D eigenvalue weighted by molar-refractivity contribution is 8.04. The van der Waals surface area contributed by atoms with Gasteiger partial charge in [0.2, 0.25) is 0 Å². The van der Waals surface area contributed by atoms with Gasteiger partial charge in [0.15, 0.2) is 0 Å². The van der Waals surface area contributed by atoms with Crippen molar-refractivity contribution in [1.82, 2.24) is 0 Å². The average molecular weight is 280 g/mol. The maximum absolute atomic E-state index is 2.42. The zero-order valence-electron chi connectivity index (χ0n) is 12.0. The van der Waals surface area contributed by atoms with Crippen LogP contribution in [0.1, 0.15) is 37.3 Å². The molecule has 102 valence electrons. The largest absolute Gasteiger partial charge is 0.120 e. The van der Waals surface area contributed by atoms with Gasteiger partial charge in [0, 0.05) is 10.7 Å². The highest BCUT2D eigenvalue weighted by atomic mass is 32.2. The Morgan fingerprint density at radius 2 is 1.55 bits per heavy atom. The second-order valence-corrected chi connectivity index (χ2v) is 7.45. The summed E-state index contributed by atoms with van der Waals surface area (Å²) in [6.07, 6.45) is 3.58. The Labute approximate surface area is 125 Å². The van der Waals surface area contributed by atoms with Gasteiger partial charge in [-0.05, 0) is 36.3 Å². The molecular weight excluding hydrogens is 260 g/mol. The maximum atomic E-state index is 2.42. The Morgan fingerprint density at radius 3 is 2.20 bits per heavy atom. The summed E-state index contributed by atoms with van der Waals surface area (Å²) in [6.45, 7) is 4.61. The molecule has 0 saturated carbocycles. The predicted octanol–water partition coefficient (Wildman–Crippen LogP) is 5.73. The number of benzene rings is 2. The zero-order valence-corrected chi connectivity index (χ0v) is 12.9. The van der Waals surface area contributed by atoms with Crippen molar-refractivity contribution in [2.45, 2.75) is 30.9 Å². The molecule has 2 aromatic rings. The predicted molar refractivity (Wildman–Crippen MR) is 88.9 cm³/mol. The molecule has 1 aliphatic rings. The van der Waals surface area contributed by atoms with E-state index in [2.05, 4.69) is 80.6 Å². The molecule has 1 aliphatic heterocycles. The van der Waals surface area contributed by atoms with Crippen molar-refractivity contribution in [1.29, 1.82) is 0 Å². The minimum absolute atomic E-state index is 0.167. The van der Waals surface area contributed by atoms with Gasteiger partial charge in [0.1, 0.15) is 0 Å². The van der Waals surface area contributed by atoms with Crippen molar-refractivity contribution in [3.8, 4) is 0 Å². The van der Waals surface area contributed by atoms with Gasteiger partial charge in [-0.1, -0.05) is 66.7 Å². The van der Waals surface area contributed by atoms with E-state index in [9.17, 15) is 0 Å². The average Bonchev–Trinajstić information content (AvgIpc) is 2.48. The van der Waals surface area contributed by atoms with E-state index in [0.29, 0.717) is 5.92 Å². The Bertz CT molecular complexity index is 600. The van der Waals surface area contributed by atoms with Crippen LogP contribution in [0.25, 0.3) is 0 Å². The van der Waals surface area contributed by atoms with Crippen LogP contribution >= 0.6 is 11.8 Å². The van der Waals surface area contributed by atoms with E-state index in [1.165, 1.54) is 16.0 Å². The van der Waals surface area contributed by atoms with Crippen molar-refractivity contribution >= 4 is 11.8 Å². The second kappa shape index (κ2) is 5.49. The molecule has 3 rings (SSSR count). The van der Waals surface area contributed by atoms with Crippen LogP contribution in [-0.4, -0.2) is 0 Å². The molecule has 2 aromatic carbocycles.